The average molecular weight is 281 g/mol. The van der Waals surface area contributed by atoms with Crippen LogP contribution in [0.4, 0.5) is 17.1 Å². The molecule has 1 amide bonds. The summed E-state index contributed by atoms with van der Waals surface area (Å²) in [7, 11) is 0. The maximum Gasteiger partial charge on any atom is 0.243 e. The molecule has 1 atom stereocenters. The highest BCUT2D eigenvalue weighted by Gasteiger charge is 2.55. The summed E-state index contributed by atoms with van der Waals surface area (Å²) in [5, 5.41) is 2.95. The topological polar surface area (TPSA) is 71.6 Å². The van der Waals surface area contributed by atoms with Crippen molar-refractivity contribution < 1.29 is 14.5 Å². The Morgan fingerprint density at radius 3 is 2.90 bits per heavy atom. The van der Waals surface area contributed by atoms with Gasteiger partial charge in [-0.3, -0.25) is 4.79 Å². The fourth-order valence-electron chi connectivity index (χ4n) is 3.42. The molecule has 0 saturated heterocycles. The molecule has 3 aliphatic rings. The summed E-state index contributed by atoms with van der Waals surface area (Å²) in [5.74, 6) is 0.643. The van der Waals surface area contributed by atoms with E-state index in [1.54, 1.807) is 0 Å². The van der Waals surface area contributed by atoms with Crippen molar-refractivity contribution in [1.29, 1.82) is 0 Å². The lowest BCUT2D eigenvalue weighted by atomic mass is 9.76. The van der Waals surface area contributed by atoms with E-state index >= 15 is 0 Å². The highest BCUT2D eigenvalue weighted by molar-refractivity contribution is 6.11. The van der Waals surface area contributed by atoms with Gasteiger partial charge in [-0.25, -0.2) is 11.0 Å². The molecule has 0 aromatic heterocycles. The predicted octanol–water partition coefficient (Wildman–Crippen LogP) is 2.00. The summed E-state index contributed by atoms with van der Waals surface area (Å²) >= 11 is 0. The van der Waals surface area contributed by atoms with Crippen LogP contribution < -0.4 is 21.0 Å². The van der Waals surface area contributed by atoms with Gasteiger partial charge in [-0.1, -0.05) is 18.2 Å². The zero-order chi connectivity index (χ0) is 14.0. The van der Waals surface area contributed by atoms with E-state index in [4.69, 9.17) is 9.68 Å². The van der Waals surface area contributed by atoms with Crippen molar-refractivity contribution >= 4 is 23.0 Å². The summed E-state index contributed by atoms with van der Waals surface area (Å²) in [4.78, 5) is 17.8. The van der Waals surface area contributed by atoms with Gasteiger partial charge >= 0.3 is 0 Å². The van der Waals surface area contributed by atoms with Crippen LogP contribution in [0.25, 0.3) is 0 Å². The first-order chi connectivity index (χ1) is 10.3. The van der Waals surface area contributed by atoms with E-state index in [0.717, 1.165) is 28.2 Å². The van der Waals surface area contributed by atoms with E-state index in [1.165, 1.54) is 0 Å². The first-order valence-corrected chi connectivity index (χ1v) is 6.70. The monoisotopic (exact) mass is 281 g/mol. The summed E-state index contributed by atoms with van der Waals surface area (Å²) in [6, 6.07) is 11.4. The highest BCUT2D eigenvalue weighted by Crippen LogP contribution is 2.54. The van der Waals surface area contributed by atoms with Crippen LogP contribution in [0.2, 0.25) is 0 Å². The summed E-state index contributed by atoms with van der Waals surface area (Å²) in [6.45, 7) is 0.295. The minimum atomic E-state index is -0.820. The summed E-state index contributed by atoms with van der Waals surface area (Å²) in [6.07, 6.45) is 0. The van der Waals surface area contributed by atoms with Crippen molar-refractivity contribution in [2.45, 2.75) is 5.41 Å². The molecule has 2 aromatic rings. The van der Waals surface area contributed by atoms with Crippen LogP contribution in [0.15, 0.2) is 36.4 Å². The molecule has 5 rings (SSSR count). The molecule has 2 aromatic carbocycles. The van der Waals surface area contributed by atoms with E-state index in [2.05, 4.69) is 16.3 Å². The quantitative estimate of drug-likeness (QED) is 0.689. The first kappa shape index (κ1) is 11.0. The molecular formula is C15H11N3O3. The second-order valence-corrected chi connectivity index (χ2v) is 5.36. The fourth-order valence-corrected chi connectivity index (χ4v) is 3.42. The molecule has 0 fully saturated rings. The second-order valence-electron chi connectivity index (χ2n) is 5.36. The number of carbonyl (C=O) groups excluding carboxylic acids is 1. The molecule has 0 bridgehead atoms. The number of carbonyl (C=O) groups is 1. The third-order valence-corrected chi connectivity index (χ3v) is 4.37. The molecule has 0 radical (unpaired) electrons. The number of fused-ring (bicyclic) bond motifs is 6. The normalized spacial score (nSPS) is 23.7. The zero-order valence-electron chi connectivity index (χ0n) is 10.9. The number of nitrogens with one attached hydrogen (secondary N) is 3. The first-order valence-electron chi connectivity index (χ1n) is 6.70. The van der Waals surface area contributed by atoms with Gasteiger partial charge < -0.3 is 10.1 Å². The van der Waals surface area contributed by atoms with Crippen LogP contribution in [-0.2, 0) is 15.1 Å². The molecule has 3 aliphatic heterocycles. The Morgan fingerprint density at radius 2 is 1.95 bits per heavy atom. The molecule has 6 heteroatoms. The standard InChI is InChI=1S/C15H11N3O3/c19-14-15(8-3-1-2-4-9(8)16-14)7-20-11-6-5-10-13(12(11)15)18-21-17-10/h1-6,17-18H,7H2,(H,16,19). The molecule has 1 unspecified atom stereocenters. The number of amides is 1. The second kappa shape index (κ2) is 3.48. The molecule has 1 spiro atoms. The summed E-state index contributed by atoms with van der Waals surface area (Å²) in [5.41, 5.74) is 8.95. The maximum atomic E-state index is 12.7. The Kier molecular flexibility index (Phi) is 1.82. The Bertz CT molecular complexity index is 805. The number of rotatable bonds is 0. The average Bonchev–Trinajstić information content (AvgIpc) is 3.18. The van der Waals surface area contributed by atoms with Gasteiger partial charge in [0.05, 0.1) is 11.4 Å². The number of anilines is 3. The largest absolute Gasteiger partial charge is 0.491 e. The Balaban J connectivity index is 1.85. The third-order valence-electron chi connectivity index (χ3n) is 4.37. The van der Waals surface area contributed by atoms with Crippen molar-refractivity contribution in [3.8, 4) is 5.75 Å². The van der Waals surface area contributed by atoms with Gasteiger partial charge in [0.1, 0.15) is 17.8 Å². The number of benzene rings is 2. The van der Waals surface area contributed by atoms with Gasteiger partial charge in [0, 0.05) is 11.3 Å². The summed E-state index contributed by atoms with van der Waals surface area (Å²) < 4.78 is 5.80. The van der Waals surface area contributed by atoms with Gasteiger partial charge in [0.25, 0.3) is 0 Å². The van der Waals surface area contributed by atoms with Crippen LogP contribution in [0, 0.1) is 0 Å². The lowest BCUT2D eigenvalue weighted by Gasteiger charge is -2.21. The molecule has 3 N–H and O–H groups in total. The molecule has 6 nitrogen and oxygen atoms in total. The van der Waals surface area contributed by atoms with Gasteiger partial charge in [-0.15, -0.1) is 0 Å². The van der Waals surface area contributed by atoms with Crippen LogP contribution in [0.3, 0.4) is 0 Å². The number of ether oxygens (including phenoxy) is 1. The maximum absolute atomic E-state index is 12.7. The van der Waals surface area contributed by atoms with Crippen molar-refractivity contribution in [3.05, 3.63) is 47.5 Å². The number of hydrogen-bond acceptors (Lipinski definition) is 5. The zero-order valence-corrected chi connectivity index (χ0v) is 10.9. The van der Waals surface area contributed by atoms with E-state index in [0.29, 0.717) is 12.4 Å². The van der Waals surface area contributed by atoms with E-state index in [1.807, 2.05) is 36.4 Å². The third kappa shape index (κ3) is 1.15. The molecular weight excluding hydrogens is 270 g/mol. The molecule has 0 aliphatic carbocycles. The smallest absolute Gasteiger partial charge is 0.243 e. The molecule has 104 valence electrons. The fraction of sp³-hybridized carbons (Fsp3) is 0.133. The van der Waals surface area contributed by atoms with Gasteiger partial charge in [0.2, 0.25) is 5.91 Å². The van der Waals surface area contributed by atoms with Crippen molar-refractivity contribution in [2.75, 3.05) is 22.9 Å². The van der Waals surface area contributed by atoms with E-state index in [-0.39, 0.29) is 5.91 Å². The van der Waals surface area contributed by atoms with Crippen LogP contribution in [-0.4, -0.2) is 12.5 Å². The van der Waals surface area contributed by atoms with Crippen LogP contribution >= 0.6 is 0 Å². The van der Waals surface area contributed by atoms with Crippen LogP contribution in [0.1, 0.15) is 11.1 Å². The van der Waals surface area contributed by atoms with Crippen molar-refractivity contribution in [1.82, 2.24) is 0 Å². The molecule has 0 saturated carbocycles. The minimum absolute atomic E-state index is 0.0652. The predicted molar refractivity (Wildman–Crippen MR) is 76.1 cm³/mol. The Labute approximate surface area is 120 Å². The Morgan fingerprint density at radius 1 is 1.05 bits per heavy atom. The van der Waals surface area contributed by atoms with Gasteiger partial charge in [-0.2, -0.15) is 4.94 Å². The van der Waals surface area contributed by atoms with Crippen molar-refractivity contribution in [3.63, 3.8) is 0 Å². The SMILES string of the molecule is O=C1Nc2ccccc2C12COc1ccc3c(c12)NON3. The number of hydrogen-bond donors (Lipinski definition) is 3. The highest BCUT2D eigenvalue weighted by atomic mass is 16.8. The van der Waals surface area contributed by atoms with Gasteiger partial charge in [0.15, 0.2) is 0 Å². The van der Waals surface area contributed by atoms with Crippen molar-refractivity contribution in [2.24, 2.45) is 0 Å². The minimum Gasteiger partial charge on any atom is -0.491 e. The number of para-hydroxylation sites is 1. The molecule has 21 heavy (non-hydrogen) atoms. The van der Waals surface area contributed by atoms with Gasteiger partial charge in [-0.05, 0) is 23.8 Å². The molecule has 3 heterocycles. The lowest BCUT2D eigenvalue weighted by molar-refractivity contribution is -0.119. The van der Waals surface area contributed by atoms with Crippen LogP contribution in [0.5, 0.6) is 5.75 Å². The Hall–Kier alpha value is -2.73. The van der Waals surface area contributed by atoms with E-state index in [9.17, 15) is 4.79 Å². The van der Waals surface area contributed by atoms with E-state index < -0.39 is 5.41 Å². The lowest BCUT2D eigenvalue weighted by Crippen LogP contribution is -2.37.